The number of hydrogen-bond acceptors (Lipinski definition) is 2. The van der Waals surface area contributed by atoms with E-state index in [-0.39, 0.29) is 0 Å². The van der Waals surface area contributed by atoms with E-state index in [1.54, 1.807) is 7.11 Å². The largest absolute Gasteiger partial charge is 0.497 e. The van der Waals surface area contributed by atoms with Gasteiger partial charge in [0.2, 0.25) is 0 Å². The van der Waals surface area contributed by atoms with Crippen molar-refractivity contribution in [1.29, 1.82) is 0 Å². The van der Waals surface area contributed by atoms with E-state index in [4.69, 9.17) is 16.3 Å². The highest BCUT2D eigenvalue weighted by Gasteiger charge is 2.02. The molecular weight excluding hydrogens is 314 g/mol. The van der Waals surface area contributed by atoms with Crippen LogP contribution in [0.4, 0.5) is 5.69 Å². The van der Waals surface area contributed by atoms with Crippen LogP contribution in [0.1, 0.15) is 5.56 Å². The first kappa shape index (κ1) is 13.2. The van der Waals surface area contributed by atoms with Crippen molar-refractivity contribution >= 4 is 33.2 Å². The molecule has 0 amide bonds. The molecule has 2 aromatic carbocycles. The standard InChI is InChI=1S/C14H13BrClNO/c1-18-13-5-6-14(15)10(7-13)9-17-12-4-2-3-11(16)8-12/h2-8,17H,9H2,1H3. The predicted octanol–water partition coefficient (Wildman–Crippen LogP) is 4.72. The van der Waals surface area contributed by atoms with E-state index in [2.05, 4.69) is 21.2 Å². The lowest BCUT2D eigenvalue weighted by molar-refractivity contribution is 0.414. The Morgan fingerprint density at radius 3 is 2.78 bits per heavy atom. The highest BCUT2D eigenvalue weighted by Crippen LogP contribution is 2.24. The molecule has 0 saturated heterocycles. The van der Waals surface area contributed by atoms with Gasteiger partial charge in [0, 0.05) is 21.7 Å². The summed E-state index contributed by atoms with van der Waals surface area (Å²) in [5, 5.41) is 4.05. The fourth-order valence-electron chi connectivity index (χ4n) is 1.61. The average Bonchev–Trinajstić information content (AvgIpc) is 2.38. The van der Waals surface area contributed by atoms with Crippen LogP contribution >= 0.6 is 27.5 Å². The van der Waals surface area contributed by atoms with Crippen LogP contribution in [-0.2, 0) is 6.54 Å². The summed E-state index contributed by atoms with van der Waals surface area (Å²) in [4.78, 5) is 0. The highest BCUT2D eigenvalue weighted by molar-refractivity contribution is 9.10. The van der Waals surface area contributed by atoms with Gasteiger partial charge in [0.1, 0.15) is 5.75 Å². The molecule has 0 radical (unpaired) electrons. The van der Waals surface area contributed by atoms with Gasteiger partial charge in [0.15, 0.2) is 0 Å². The van der Waals surface area contributed by atoms with E-state index in [1.165, 1.54) is 0 Å². The molecule has 1 N–H and O–H groups in total. The van der Waals surface area contributed by atoms with Crippen LogP contribution < -0.4 is 10.1 Å². The van der Waals surface area contributed by atoms with Gasteiger partial charge in [0.25, 0.3) is 0 Å². The first-order valence-corrected chi connectivity index (χ1v) is 6.68. The minimum Gasteiger partial charge on any atom is -0.497 e. The first-order valence-electron chi connectivity index (χ1n) is 5.51. The third-order valence-corrected chi connectivity index (χ3v) is 3.57. The van der Waals surface area contributed by atoms with Gasteiger partial charge in [-0.1, -0.05) is 33.6 Å². The normalized spacial score (nSPS) is 10.2. The van der Waals surface area contributed by atoms with Gasteiger partial charge in [-0.15, -0.1) is 0 Å². The summed E-state index contributed by atoms with van der Waals surface area (Å²) in [5.74, 6) is 0.848. The van der Waals surface area contributed by atoms with Crippen LogP contribution in [0.2, 0.25) is 5.02 Å². The van der Waals surface area contributed by atoms with Crippen molar-refractivity contribution in [3.8, 4) is 5.75 Å². The zero-order valence-electron chi connectivity index (χ0n) is 9.91. The van der Waals surface area contributed by atoms with Crippen molar-refractivity contribution in [3.05, 3.63) is 57.5 Å². The molecule has 0 aliphatic rings. The smallest absolute Gasteiger partial charge is 0.119 e. The molecule has 0 aliphatic heterocycles. The fraction of sp³-hybridized carbons (Fsp3) is 0.143. The number of nitrogens with one attached hydrogen (secondary N) is 1. The topological polar surface area (TPSA) is 21.3 Å². The summed E-state index contributed by atoms with van der Waals surface area (Å²) in [6, 6.07) is 13.6. The Morgan fingerprint density at radius 1 is 1.22 bits per heavy atom. The van der Waals surface area contributed by atoms with Crippen molar-refractivity contribution in [3.63, 3.8) is 0 Å². The molecule has 2 rings (SSSR count). The van der Waals surface area contributed by atoms with E-state index >= 15 is 0 Å². The number of anilines is 1. The second kappa shape index (κ2) is 6.12. The van der Waals surface area contributed by atoms with Crippen molar-refractivity contribution in [1.82, 2.24) is 0 Å². The zero-order chi connectivity index (χ0) is 13.0. The summed E-state index contributed by atoms with van der Waals surface area (Å²) in [7, 11) is 1.66. The van der Waals surface area contributed by atoms with Crippen LogP contribution in [0.3, 0.4) is 0 Å². The summed E-state index contributed by atoms with van der Waals surface area (Å²) >= 11 is 9.46. The molecule has 18 heavy (non-hydrogen) atoms. The molecule has 94 valence electrons. The zero-order valence-corrected chi connectivity index (χ0v) is 12.3. The molecule has 2 aromatic rings. The molecular formula is C14H13BrClNO. The third-order valence-electron chi connectivity index (χ3n) is 2.56. The van der Waals surface area contributed by atoms with Crippen LogP contribution in [0.15, 0.2) is 46.9 Å². The van der Waals surface area contributed by atoms with Gasteiger partial charge in [0.05, 0.1) is 7.11 Å². The SMILES string of the molecule is COc1ccc(Br)c(CNc2cccc(Cl)c2)c1. The maximum atomic E-state index is 5.94. The fourth-order valence-corrected chi connectivity index (χ4v) is 2.19. The van der Waals surface area contributed by atoms with Crippen LogP contribution in [-0.4, -0.2) is 7.11 Å². The molecule has 0 bridgehead atoms. The van der Waals surface area contributed by atoms with E-state index in [9.17, 15) is 0 Å². The second-order valence-electron chi connectivity index (χ2n) is 3.82. The summed E-state index contributed by atoms with van der Waals surface area (Å²) < 4.78 is 6.26. The minimum atomic E-state index is 0.706. The Balaban J connectivity index is 2.10. The number of hydrogen-bond donors (Lipinski definition) is 1. The van der Waals surface area contributed by atoms with Crippen LogP contribution in [0, 0.1) is 0 Å². The lowest BCUT2D eigenvalue weighted by atomic mass is 10.2. The third kappa shape index (κ3) is 3.40. The molecule has 0 heterocycles. The summed E-state index contributed by atoms with van der Waals surface area (Å²) in [6.07, 6.45) is 0. The van der Waals surface area contributed by atoms with Gasteiger partial charge < -0.3 is 10.1 Å². The lowest BCUT2D eigenvalue weighted by Crippen LogP contribution is -2.00. The number of halogens is 2. The number of rotatable bonds is 4. The second-order valence-corrected chi connectivity index (χ2v) is 5.11. The molecule has 0 unspecified atom stereocenters. The van der Waals surface area contributed by atoms with Gasteiger partial charge in [-0.3, -0.25) is 0 Å². The predicted molar refractivity (Wildman–Crippen MR) is 79.5 cm³/mol. The Morgan fingerprint density at radius 2 is 2.06 bits per heavy atom. The van der Waals surface area contributed by atoms with E-state index in [0.717, 1.165) is 26.5 Å². The van der Waals surface area contributed by atoms with E-state index in [1.807, 2.05) is 42.5 Å². The maximum Gasteiger partial charge on any atom is 0.119 e. The van der Waals surface area contributed by atoms with Crippen molar-refractivity contribution in [2.24, 2.45) is 0 Å². The van der Waals surface area contributed by atoms with E-state index in [0.29, 0.717) is 6.54 Å². The van der Waals surface area contributed by atoms with Gasteiger partial charge in [-0.05, 0) is 42.0 Å². The molecule has 0 atom stereocenters. The Labute approximate surface area is 120 Å². The molecule has 0 spiro atoms. The van der Waals surface area contributed by atoms with Crippen LogP contribution in [0.5, 0.6) is 5.75 Å². The average molecular weight is 327 g/mol. The quantitative estimate of drug-likeness (QED) is 0.877. The van der Waals surface area contributed by atoms with Crippen molar-refractivity contribution < 1.29 is 4.74 Å². The Bertz CT molecular complexity index is 545. The van der Waals surface area contributed by atoms with Crippen molar-refractivity contribution in [2.45, 2.75) is 6.54 Å². The molecule has 0 aromatic heterocycles. The number of ether oxygens (including phenoxy) is 1. The molecule has 4 heteroatoms. The molecule has 0 aliphatic carbocycles. The first-order chi connectivity index (χ1) is 8.69. The Kier molecular flexibility index (Phi) is 4.50. The number of benzene rings is 2. The van der Waals surface area contributed by atoms with Crippen LogP contribution in [0.25, 0.3) is 0 Å². The summed E-state index contributed by atoms with van der Waals surface area (Å²) in [5.41, 5.74) is 2.13. The molecule has 0 fully saturated rings. The van der Waals surface area contributed by atoms with Gasteiger partial charge in [-0.2, -0.15) is 0 Å². The van der Waals surface area contributed by atoms with Gasteiger partial charge >= 0.3 is 0 Å². The van der Waals surface area contributed by atoms with Crippen molar-refractivity contribution in [2.75, 3.05) is 12.4 Å². The monoisotopic (exact) mass is 325 g/mol. The molecule has 2 nitrogen and oxygen atoms in total. The molecule has 0 saturated carbocycles. The number of methoxy groups -OCH3 is 1. The lowest BCUT2D eigenvalue weighted by Gasteiger charge is -2.10. The maximum absolute atomic E-state index is 5.94. The van der Waals surface area contributed by atoms with Gasteiger partial charge in [-0.25, -0.2) is 0 Å². The Hall–Kier alpha value is -1.19. The minimum absolute atomic E-state index is 0.706. The highest BCUT2D eigenvalue weighted by atomic mass is 79.9. The summed E-state index contributed by atoms with van der Waals surface area (Å²) in [6.45, 7) is 0.706. The van der Waals surface area contributed by atoms with E-state index < -0.39 is 0 Å².